The van der Waals surface area contributed by atoms with Gasteiger partial charge in [0.2, 0.25) is 5.91 Å². The van der Waals surface area contributed by atoms with Gasteiger partial charge in [-0.15, -0.1) is 0 Å². The highest BCUT2D eigenvalue weighted by Crippen LogP contribution is 2.24. The second-order valence-electron chi connectivity index (χ2n) is 6.75. The number of rotatable bonds is 3. The van der Waals surface area contributed by atoms with Gasteiger partial charge in [-0.1, -0.05) is 0 Å². The van der Waals surface area contributed by atoms with Crippen molar-refractivity contribution in [2.45, 2.75) is 52.5 Å². The van der Waals surface area contributed by atoms with Gasteiger partial charge in [-0.05, 0) is 57.6 Å². The summed E-state index contributed by atoms with van der Waals surface area (Å²) in [6.07, 6.45) is 3.97. The number of carbonyl (C=O) groups excluding carboxylic acids is 2. The molecule has 3 rings (SSSR count). The lowest BCUT2D eigenvalue weighted by Gasteiger charge is -2.32. The van der Waals surface area contributed by atoms with E-state index < -0.39 is 0 Å². The van der Waals surface area contributed by atoms with Gasteiger partial charge in [0.1, 0.15) is 5.69 Å². The third kappa shape index (κ3) is 2.89. The number of aryl methyl sites for hydroxylation is 1. The van der Waals surface area contributed by atoms with Crippen LogP contribution in [0.4, 0.5) is 0 Å². The number of H-pyrrole nitrogens is 1. The maximum absolute atomic E-state index is 12.8. The van der Waals surface area contributed by atoms with Crippen molar-refractivity contribution in [3.8, 4) is 0 Å². The number of likely N-dealkylation sites (tertiary alicyclic amines) is 1. The largest absolute Gasteiger partial charge is 0.354 e. The molecule has 5 heteroatoms. The molecule has 2 fully saturated rings. The van der Waals surface area contributed by atoms with Gasteiger partial charge in [0, 0.05) is 24.8 Å². The number of aromatic nitrogens is 1. The highest BCUT2D eigenvalue weighted by molar-refractivity contribution is 5.95. The minimum Gasteiger partial charge on any atom is -0.354 e. The van der Waals surface area contributed by atoms with Crippen LogP contribution in [0.3, 0.4) is 0 Å². The summed E-state index contributed by atoms with van der Waals surface area (Å²) in [4.78, 5) is 30.0. The van der Waals surface area contributed by atoms with Crippen LogP contribution in [0.2, 0.25) is 0 Å². The number of piperidine rings is 1. The van der Waals surface area contributed by atoms with Crippen LogP contribution in [-0.2, 0) is 4.79 Å². The standard InChI is InChI=1S/C17H25N3O2/c1-10-11(2)15(18-12(10)3)17(22)20-8-4-5-13(9-20)16(21)19-14-6-7-14/h13-14,18H,4-9H2,1-3H3,(H,19,21). The molecule has 0 aromatic carbocycles. The first-order valence-electron chi connectivity index (χ1n) is 8.22. The van der Waals surface area contributed by atoms with Crippen molar-refractivity contribution < 1.29 is 9.59 Å². The van der Waals surface area contributed by atoms with Crippen LogP contribution in [0, 0.1) is 26.7 Å². The molecule has 1 aromatic heterocycles. The lowest BCUT2D eigenvalue weighted by Crippen LogP contribution is -2.46. The zero-order valence-electron chi connectivity index (χ0n) is 13.7. The highest BCUT2D eigenvalue weighted by Gasteiger charge is 2.33. The van der Waals surface area contributed by atoms with Gasteiger partial charge in [0.15, 0.2) is 0 Å². The summed E-state index contributed by atoms with van der Waals surface area (Å²) >= 11 is 0. The van der Waals surface area contributed by atoms with E-state index in [4.69, 9.17) is 0 Å². The van der Waals surface area contributed by atoms with Crippen LogP contribution < -0.4 is 5.32 Å². The highest BCUT2D eigenvalue weighted by atomic mass is 16.2. The van der Waals surface area contributed by atoms with E-state index >= 15 is 0 Å². The van der Waals surface area contributed by atoms with E-state index in [1.54, 1.807) is 0 Å². The summed E-state index contributed by atoms with van der Waals surface area (Å²) in [5.74, 6) is 0.0870. The van der Waals surface area contributed by atoms with Gasteiger partial charge >= 0.3 is 0 Å². The molecule has 1 unspecified atom stereocenters. The normalized spacial score (nSPS) is 21.8. The first kappa shape index (κ1) is 15.1. The van der Waals surface area contributed by atoms with Crippen molar-refractivity contribution in [1.29, 1.82) is 0 Å². The molecule has 1 aliphatic carbocycles. The van der Waals surface area contributed by atoms with Gasteiger partial charge in [-0.2, -0.15) is 0 Å². The van der Waals surface area contributed by atoms with Gasteiger partial charge < -0.3 is 15.2 Å². The van der Waals surface area contributed by atoms with Crippen LogP contribution in [0.15, 0.2) is 0 Å². The molecule has 1 saturated heterocycles. The molecule has 120 valence electrons. The Hall–Kier alpha value is -1.78. The van der Waals surface area contributed by atoms with Crippen LogP contribution >= 0.6 is 0 Å². The molecule has 5 nitrogen and oxygen atoms in total. The molecule has 1 atom stereocenters. The van der Waals surface area contributed by atoms with E-state index in [1.807, 2.05) is 25.7 Å². The van der Waals surface area contributed by atoms with Crippen molar-refractivity contribution >= 4 is 11.8 Å². The molecule has 2 amide bonds. The third-order valence-corrected chi connectivity index (χ3v) is 5.03. The van der Waals surface area contributed by atoms with Crippen LogP contribution in [0.1, 0.15) is 53.0 Å². The van der Waals surface area contributed by atoms with Gasteiger partial charge in [-0.3, -0.25) is 9.59 Å². The average Bonchev–Trinajstić information content (AvgIpc) is 3.30. The molecule has 0 radical (unpaired) electrons. The van der Waals surface area contributed by atoms with Crippen molar-refractivity contribution in [2.24, 2.45) is 5.92 Å². The SMILES string of the molecule is Cc1[nH]c(C(=O)N2CCCC(C(=O)NC3CC3)C2)c(C)c1C. The Morgan fingerprint density at radius 2 is 1.86 bits per heavy atom. The maximum Gasteiger partial charge on any atom is 0.270 e. The number of carbonyl (C=O) groups is 2. The van der Waals surface area contributed by atoms with Crippen LogP contribution in [0.5, 0.6) is 0 Å². The Bertz CT molecular complexity index is 601. The topological polar surface area (TPSA) is 65.2 Å². The Morgan fingerprint density at radius 1 is 1.14 bits per heavy atom. The molecule has 1 saturated carbocycles. The third-order valence-electron chi connectivity index (χ3n) is 5.03. The lowest BCUT2D eigenvalue weighted by atomic mass is 9.96. The summed E-state index contributed by atoms with van der Waals surface area (Å²) in [6, 6.07) is 0.384. The summed E-state index contributed by atoms with van der Waals surface area (Å²) in [5.41, 5.74) is 3.88. The second-order valence-corrected chi connectivity index (χ2v) is 6.75. The zero-order chi connectivity index (χ0) is 15.9. The number of hydrogen-bond donors (Lipinski definition) is 2. The number of nitrogens with zero attached hydrogens (tertiary/aromatic N) is 1. The summed E-state index contributed by atoms with van der Waals surface area (Å²) in [5, 5.41) is 3.06. The van der Waals surface area contributed by atoms with Crippen molar-refractivity contribution in [2.75, 3.05) is 13.1 Å². The molecule has 0 spiro atoms. The van der Waals surface area contributed by atoms with Gasteiger partial charge in [0.25, 0.3) is 5.91 Å². The van der Waals surface area contributed by atoms with E-state index in [9.17, 15) is 9.59 Å². The quantitative estimate of drug-likeness (QED) is 0.898. The van der Waals surface area contributed by atoms with Gasteiger partial charge in [-0.25, -0.2) is 0 Å². The fraction of sp³-hybridized carbons (Fsp3) is 0.647. The minimum atomic E-state index is -0.0595. The minimum absolute atomic E-state index is 0.0256. The molecule has 2 aliphatic rings. The molecule has 1 aromatic rings. The number of amides is 2. The summed E-state index contributed by atoms with van der Waals surface area (Å²) < 4.78 is 0. The molecule has 1 aliphatic heterocycles. The Kier molecular flexibility index (Phi) is 3.98. The molecule has 2 N–H and O–H groups in total. The van der Waals surface area contributed by atoms with Crippen molar-refractivity contribution in [1.82, 2.24) is 15.2 Å². The summed E-state index contributed by atoms with van der Waals surface area (Å²) in [7, 11) is 0. The Morgan fingerprint density at radius 3 is 2.45 bits per heavy atom. The second kappa shape index (κ2) is 5.78. The molecule has 2 heterocycles. The number of hydrogen-bond acceptors (Lipinski definition) is 2. The predicted octanol–water partition coefficient (Wildman–Crippen LogP) is 2.07. The average molecular weight is 303 g/mol. The first-order chi connectivity index (χ1) is 10.5. The van der Waals surface area contributed by atoms with E-state index in [1.165, 1.54) is 0 Å². The van der Waals surface area contributed by atoms with Gasteiger partial charge in [0.05, 0.1) is 5.92 Å². The van der Waals surface area contributed by atoms with Crippen molar-refractivity contribution in [3.63, 3.8) is 0 Å². The maximum atomic E-state index is 12.8. The Labute approximate surface area is 131 Å². The van der Waals surface area contributed by atoms with E-state index in [-0.39, 0.29) is 17.7 Å². The fourth-order valence-electron chi connectivity index (χ4n) is 3.14. The van der Waals surface area contributed by atoms with Crippen LogP contribution in [0.25, 0.3) is 0 Å². The molecule has 0 bridgehead atoms. The van der Waals surface area contributed by atoms with Crippen LogP contribution in [-0.4, -0.2) is 40.8 Å². The molecular weight excluding hydrogens is 278 g/mol. The monoisotopic (exact) mass is 303 g/mol. The Balaban J connectivity index is 1.69. The van der Waals surface area contributed by atoms with E-state index in [2.05, 4.69) is 10.3 Å². The zero-order valence-corrected chi connectivity index (χ0v) is 13.7. The molecule has 22 heavy (non-hydrogen) atoms. The van der Waals surface area contributed by atoms with E-state index in [0.29, 0.717) is 18.3 Å². The van der Waals surface area contributed by atoms with E-state index in [0.717, 1.165) is 49.0 Å². The summed E-state index contributed by atoms with van der Waals surface area (Å²) in [6.45, 7) is 7.27. The smallest absolute Gasteiger partial charge is 0.270 e. The lowest BCUT2D eigenvalue weighted by molar-refractivity contribution is -0.126. The molecular formula is C17H25N3O2. The first-order valence-corrected chi connectivity index (χ1v) is 8.22. The fourth-order valence-corrected chi connectivity index (χ4v) is 3.14. The number of nitrogens with one attached hydrogen (secondary N) is 2. The predicted molar refractivity (Wildman–Crippen MR) is 84.8 cm³/mol. The number of aromatic amines is 1. The van der Waals surface area contributed by atoms with Crippen molar-refractivity contribution in [3.05, 3.63) is 22.5 Å².